The molecule has 0 aliphatic rings. The molecule has 1 unspecified atom stereocenters. The average molecular weight is 182 g/mol. The predicted octanol–water partition coefficient (Wildman–Crippen LogP) is 0.0928. The van der Waals surface area contributed by atoms with E-state index in [1.165, 1.54) is 6.07 Å². The van der Waals surface area contributed by atoms with Crippen LogP contribution in [0.5, 0.6) is 0 Å². The van der Waals surface area contributed by atoms with Gasteiger partial charge in [0.2, 0.25) is 0 Å². The molecule has 5 nitrogen and oxygen atoms in total. The Labute approximate surface area is 74.2 Å². The Morgan fingerprint density at radius 3 is 2.69 bits per heavy atom. The number of rotatable bonds is 2. The van der Waals surface area contributed by atoms with Gasteiger partial charge in [-0.15, -0.1) is 0 Å². The van der Waals surface area contributed by atoms with Gasteiger partial charge in [0.05, 0.1) is 0 Å². The van der Waals surface area contributed by atoms with Crippen LogP contribution in [-0.2, 0) is 0 Å². The fraction of sp³-hybridized carbons (Fsp3) is 0.250. The summed E-state index contributed by atoms with van der Waals surface area (Å²) in [6, 6.07) is 1.93. The number of hydrogen-bond donors (Lipinski definition) is 3. The Morgan fingerprint density at radius 2 is 2.23 bits per heavy atom. The van der Waals surface area contributed by atoms with E-state index in [0.29, 0.717) is 5.69 Å². The quantitative estimate of drug-likeness (QED) is 0.604. The van der Waals surface area contributed by atoms with Gasteiger partial charge in [0.25, 0.3) is 0 Å². The molecule has 0 spiro atoms. The molecule has 1 heterocycles. The van der Waals surface area contributed by atoms with Crippen LogP contribution in [0.25, 0.3) is 0 Å². The number of aromatic amines is 1. The zero-order chi connectivity index (χ0) is 10.0. The van der Waals surface area contributed by atoms with Crippen molar-refractivity contribution in [2.45, 2.75) is 13.0 Å². The van der Waals surface area contributed by atoms with Crippen LogP contribution in [-0.4, -0.2) is 16.1 Å². The van der Waals surface area contributed by atoms with Crippen molar-refractivity contribution in [3.8, 4) is 0 Å². The fourth-order valence-electron chi connectivity index (χ4n) is 0.925. The molecule has 4 N–H and O–H groups in total. The molecule has 13 heavy (non-hydrogen) atoms. The Balaban J connectivity index is 3.27. The lowest BCUT2D eigenvalue weighted by Gasteiger charge is -2.05. The van der Waals surface area contributed by atoms with Crippen LogP contribution < -0.4 is 11.2 Å². The van der Waals surface area contributed by atoms with E-state index in [9.17, 15) is 9.59 Å². The van der Waals surface area contributed by atoms with Crippen LogP contribution in [0.2, 0.25) is 0 Å². The molecule has 5 heteroatoms. The van der Waals surface area contributed by atoms with Crippen LogP contribution >= 0.6 is 0 Å². The third-order valence-corrected chi connectivity index (χ3v) is 1.58. The highest BCUT2D eigenvalue weighted by Gasteiger charge is 2.07. The van der Waals surface area contributed by atoms with E-state index >= 15 is 0 Å². The molecule has 0 aromatic carbocycles. The molecule has 1 aromatic heterocycles. The van der Waals surface area contributed by atoms with Gasteiger partial charge in [-0.25, -0.2) is 4.79 Å². The zero-order valence-electron chi connectivity index (χ0n) is 7.07. The molecule has 1 aromatic rings. The summed E-state index contributed by atoms with van der Waals surface area (Å²) < 4.78 is 0. The lowest BCUT2D eigenvalue weighted by molar-refractivity contribution is 0.0690. The second-order valence-electron chi connectivity index (χ2n) is 2.78. The maximum absolute atomic E-state index is 11.0. The molecular weight excluding hydrogens is 172 g/mol. The summed E-state index contributed by atoms with van der Waals surface area (Å²) in [7, 11) is 0. The predicted molar refractivity (Wildman–Crippen MR) is 46.6 cm³/mol. The van der Waals surface area contributed by atoms with E-state index in [-0.39, 0.29) is 17.2 Å². The number of aromatic carboxylic acids is 1. The normalized spacial score (nSPS) is 12.5. The molecular formula is C8H10N2O3. The molecule has 0 fully saturated rings. The lowest BCUT2D eigenvalue weighted by atomic mass is 10.2. The number of H-pyrrole nitrogens is 1. The van der Waals surface area contributed by atoms with Gasteiger partial charge < -0.3 is 15.8 Å². The smallest absolute Gasteiger partial charge is 0.352 e. The molecule has 0 aliphatic heterocycles. The molecule has 0 amide bonds. The molecule has 0 saturated heterocycles. The Bertz CT molecular complexity index is 381. The van der Waals surface area contributed by atoms with Crippen molar-refractivity contribution in [1.29, 1.82) is 0 Å². The second-order valence-corrected chi connectivity index (χ2v) is 2.78. The van der Waals surface area contributed by atoms with Crippen molar-refractivity contribution >= 4 is 5.97 Å². The number of carboxylic acids is 1. The van der Waals surface area contributed by atoms with Gasteiger partial charge in [-0.3, -0.25) is 4.79 Å². The van der Waals surface area contributed by atoms with Crippen LogP contribution in [0.3, 0.4) is 0 Å². The van der Waals surface area contributed by atoms with E-state index in [1.54, 1.807) is 6.92 Å². The van der Waals surface area contributed by atoms with Crippen LogP contribution in [0.4, 0.5) is 0 Å². The molecule has 1 atom stereocenters. The van der Waals surface area contributed by atoms with Gasteiger partial charge in [0.1, 0.15) is 5.69 Å². The number of pyridine rings is 1. The van der Waals surface area contributed by atoms with Crippen molar-refractivity contribution in [3.63, 3.8) is 0 Å². The number of nitrogens with two attached hydrogens (primary N) is 1. The van der Waals surface area contributed by atoms with Gasteiger partial charge in [0.15, 0.2) is 5.43 Å². The monoisotopic (exact) mass is 182 g/mol. The topological polar surface area (TPSA) is 96.2 Å². The third-order valence-electron chi connectivity index (χ3n) is 1.58. The standard InChI is InChI=1S/C8H10N2O3/c1-4(9)6-2-5(11)3-7(10-6)8(12)13/h2-4H,9H2,1H3,(H,10,11)(H,12,13). The summed E-state index contributed by atoms with van der Waals surface area (Å²) in [5.74, 6) is -1.17. The lowest BCUT2D eigenvalue weighted by Crippen LogP contribution is -2.15. The number of nitrogens with one attached hydrogen (secondary N) is 1. The Kier molecular flexibility index (Phi) is 2.48. The molecule has 0 aliphatic carbocycles. The van der Waals surface area contributed by atoms with Crippen molar-refractivity contribution in [3.05, 3.63) is 33.7 Å². The average Bonchev–Trinajstić information content (AvgIpc) is 2.03. The first-order valence-electron chi connectivity index (χ1n) is 3.74. The summed E-state index contributed by atoms with van der Waals surface area (Å²) in [6.45, 7) is 1.66. The van der Waals surface area contributed by atoms with Gasteiger partial charge >= 0.3 is 5.97 Å². The molecule has 1 rings (SSSR count). The first-order chi connectivity index (χ1) is 6.00. The first kappa shape index (κ1) is 9.47. The molecule has 70 valence electrons. The second kappa shape index (κ2) is 3.40. The zero-order valence-corrected chi connectivity index (χ0v) is 7.07. The van der Waals surface area contributed by atoms with Crippen molar-refractivity contribution in [1.82, 2.24) is 4.98 Å². The van der Waals surface area contributed by atoms with Crippen molar-refractivity contribution in [2.75, 3.05) is 0 Å². The molecule has 0 saturated carbocycles. The largest absolute Gasteiger partial charge is 0.477 e. The van der Waals surface area contributed by atoms with Crippen LogP contribution in [0.1, 0.15) is 29.1 Å². The summed E-state index contributed by atoms with van der Waals surface area (Å²) in [6.07, 6.45) is 0. The third kappa shape index (κ3) is 2.16. The van der Waals surface area contributed by atoms with Crippen LogP contribution in [0, 0.1) is 0 Å². The minimum Gasteiger partial charge on any atom is -0.477 e. The van der Waals surface area contributed by atoms with Gasteiger partial charge in [0, 0.05) is 23.9 Å². The van der Waals surface area contributed by atoms with Crippen molar-refractivity contribution < 1.29 is 9.90 Å². The number of carboxylic acid groups (broad SMARTS) is 1. The molecule has 0 bridgehead atoms. The summed E-state index contributed by atoms with van der Waals surface area (Å²) >= 11 is 0. The Hall–Kier alpha value is -1.62. The van der Waals surface area contributed by atoms with Gasteiger partial charge in [-0.2, -0.15) is 0 Å². The fourth-order valence-corrected chi connectivity index (χ4v) is 0.925. The summed E-state index contributed by atoms with van der Waals surface area (Å²) in [5.41, 5.74) is 5.41. The molecule has 0 radical (unpaired) electrons. The SMILES string of the molecule is CC(N)c1cc(=O)cc(C(=O)O)[nH]1. The minimum atomic E-state index is -1.17. The highest BCUT2D eigenvalue weighted by atomic mass is 16.4. The first-order valence-corrected chi connectivity index (χ1v) is 3.74. The maximum atomic E-state index is 11.0. The van der Waals surface area contributed by atoms with Crippen molar-refractivity contribution in [2.24, 2.45) is 5.73 Å². The van der Waals surface area contributed by atoms with E-state index < -0.39 is 5.97 Å². The summed E-state index contributed by atoms with van der Waals surface area (Å²) in [5, 5.41) is 8.60. The minimum absolute atomic E-state index is 0.139. The van der Waals surface area contributed by atoms with Crippen LogP contribution in [0.15, 0.2) is 16.9 Å². The van der Waals surface area contributed by atoms with E-state index in [1.807, 2.05) is 0 Å². The highest BCUT2D eigenvalue weighted by Crippen LogP contribution is 2.03. The van der Waals surface area contributed by atoms with E-state index in [2.05, 4.69) is 4.98 Å². The number of aromatic nitrogens is 1. The Morgan fingerprint density at radius 1 is 1.62 bits per heavy atom. The summed E-state index contributed by atoms with van der Waals surface area (Å²) in [4.78, 5) is 24.1. The van der Waals surface area contributed by atoms with E-state index in [4.69, 9.17) is 10.8 Å². The van der Waals surface area contributed by atoms with Gasteiger partial charge in [-0.1, -0.05) is 0 Å². The van der Waals surface area contributed by atoms with Gasteiger partial charge in [-0.05, 0) is 6.92 Å². The number of hydrogen-bond acceptors (Lipinski definition) is 3. The van der Waals surface area contributed by atoms with E-state index in [0.717, 1.165) is 6.07 Å². The maximum Gasteiger partial charge on any atom is 0.352 e. The number of carbonyl (C=O) groups is 1. The highest BCUT2D eigenvalue weighted by molar-refractivity contribution is 5.85.